The van der Waals surface area contributed by atoms with Gasteiger partial charge in [-0.3, -0.25) is 4.79 Å². The van der Waals surface area contributed by atoms with Crippen LogP contribution in [0.15, 0.2) is 30.3 Å². The number of hydrogen-bond acceptors (Lipinski definition) is 2. The summed E-state index contributed by atoms with van der Waals surface area (Å²) in [6, 6.07) is 10.5. The monoisotopic (exact) mass is 189 g/mol. The normalized spacial score (nSPS) is 26.4. The molecule has 0 radical (unpaired) electrons. The molecule has 1 aromatic carbocycles. The smallest absolute Gasteiger partial charge is 0.146 e. The van der Waals surface area contributed by atoms with E-state index in [1.807, 2.05) is 6.07 Å². The van der Waals surface area contributed by atoms with Gasteiger partial charge < -0.3 is 5.32 Å². The van der Waals surface area contributed by atoms with E-state index in [0.29, 0.717) is 5.92 Å². The van der Waals surface area contributed by atoms with E-state index in [0.717, 1.165) is 13.0 Å². The molecule has 0 bridgehead atoms. The first-order valence-electron chi connectivity index (χ1n) is 5.06. The van der Waals surface area contributed by atoms with Gasteiger partial charge in [-0.25, -0.2) is 0 Å². The molecular weight excluding hydrogens is 174 g/mol. The predicted molar refractivity (Wildman–Crippen MR) is 56.3 cm³/mol. The van der Waals surface area contributed by atoms with Gasteiger partial charge in [-0.05, 0) is 24.8 Å². The molecule has 0 amide bonds. The second-order valence-electron chi connectivity index (χ2n) is 3.91. The summed E-state index contributed by atoms with van der Waals surface area (Å²) in [6.45, 7) is 2.58. The topological polar surface area (TPSA) is 29.1 Å². The average molecular weight is 189 g/mol. The van der Waals surface area contributed by atoms with Gasteiger partial charge in [0.2, 0.25) is 0 Å². The van der Waals surface area contributed by atoms with Crippen molar-refractivity contribution in [2.75, 3.05) is 6.54 Å². The third kappa shape index (κ3) is 1.85. The van der Waals surface area contributed by atoms with E-state index in [1.54, 1.807) is 6.92 Å². The highest BCUT2D eigenvalue weighted by atomic mass is 16.1. The lowest BCUT2D eigenvalue weighted by molar-refractivity contribution is -0.118. The van der Waals surface area contributed by atoms with Crippen LogP contribution in [0.5, 0.6) is 0 Å². The summed E-state index contributed by atoms with van der Waals surface area (Å²) in [4.78, 5) is 11.2. The zero-order valence-corrected chi connectivity index (χ0v) is 8.36. The molecule has 0 spiro atoms. The lowest BCUT2D eigenvalue weighted by Gasteiger charge is -2.08. The van der Waals surface area contributed by atoms with Crippen LogP contribution in [0.1, 0.15) is 24.8 Å². The first-order valence-corrected chi connectivity index (χ1v) is 5.06. The molecule has 1 fully saturated rings. The van der Waals surface area contributed by atoms with Gasteiger partial charge in [-0.1, -0.05) is 30.3 Å². The molecule has 74 valence electrons. The molecule has 1 aromatic rings. The zero-order chi connectivity index (χ0) is 9.97. The van der Waals surface area contributed by atoms with E-state index >= 15 is 0 Å². The molecule has 0 aliphatic carbocycles. The standard InChI is InChI=1S/C12H15NO/c1-9(14)12-7-11(8-13-12)10-5-3-2-4-6-10/h2-6,11-13H,7-8H2,1H3/t11-,12+/m1/s1. The van der Waals surface area contributed by atoms with Crippen molar-refractivity contribution in [2.24, 2.45) is 0 Å². The van der Waals surface area contributed by atoms with Gasteiger partial charge in [0.1, 0.15) is 5.78 Å². The van der Waals surface area contributed by atoms with Crippen molar-refractivity contribution in [3.8, 4) is 0 Å². The molecule has 0 unspecified atom stereocenters. The third-order valence-corrected chi connectivity index (χ3v) is 2.89. The number of ketones is 1. The van der Waals surface area contributed by atoms with Crippen molar-refractivity contribution in [1.29, 1.82) is 0 Å². The number of rotatable bonds is 2. The Hall–Kier alpha value is -1.15. The molecule has 0 saturated carbocycles. The largest absolute Gasteiger partial charge is 0.307 e. The maximum Gasteiger partial charge on any atom is 0.146 e. The highest BCUT2D eigenvalue weighted by molar-refractivity contribution is 5.81. The molecule has 1 aliphatic rings. The van der Waals surface area contributed by atoms with Gasteiger partial charge in [0.25, 0.3) is 0 Å². The fourth-order valence-electron chi connectivity index (χ4n) is 2.02. The number of hydrogen-bond donors (Lipinski definition) is 1. The van der Waals surface area contributed by atoms with Crippen molar-refractivity contribution >= 4 is 5.78 Å². The predicted octanol–water partition coefficient (Wildman–Crippen LogP) is 1.72. The van der Waals surface area contributed by atoms with Crippen molar-refractivity contribution in [2.45, 2.75) is 25.3 Å². The molecule has 2 atom stereocenters. The van der Waals surface area contributed by atoms with Gasteiger partial charge in [0.15, 0.2) is 0 Å². The van der Waals surface area contributed by atoms with E-state index in [2.05, 4.69) is 29.6 Å². The van der Waals surface area contributed by atoms with Crippen LogP contribution in [0.25, 0.3) is 0 Å². The SMILES string of the molecule is CC(=O)[C@@H]1C[C@@H](c2ccccc2)CN1. The summed E-state index contributed by atoms with van der Waals surface area (Å²) in [6.07, 6.45) is 0.944. The average Bonchev–Trinajstić information content (AvgIpc) is 2.68. The van der Waals surface area contributed by atoms with Crippen LogP contribution >= 0.6 is 0 Å². The Labute approximate surface area is 84.3 Å². The molecule has 2 rings (SSSR count). The first-order chi connectivity index (χ1) is 6.77. The van der Waals surface area contributed by atoms with Gasteiger partial charge in [-0.2, -0.15) is 0 Å². The van der Waals surface area contributed by atoms with Crippen LogP contribution < -0.4 is 5.32 Å². The van der Waals surface area contributed by atoms with Crippen molar-refractivity contribution in [1.82, 2.24) is 5.32 Å². The minimum atomic E-state index is 0.0696. The van der Waals surface area contributed by atoms with Gasteiger partial charge in [-0.15, -0.1) is 0 Å². The summed E-state index contributed by atoms with van der Waals surface area (Å²) in [7, 11) is 0. The summed E-state index contributed by atoms with van der Waals surface area (Å²) in [5.41, 5.74) is 1.34. The lowest BCUT2D eigenvalue weighted by atomic mass is 9.95. The Morgan fingerprint density at radius 3 is 2.64 bits per heavy atom. The molecule has 1 aliphatic heterocycles. The highest BCUT2D eigenvalue weighted by Crippen LogP contribution is 2.25. The van der Waals surface area contributed by atoms with E-state index in [4.69, 9.17) is 0 Å². The lowest BCUT2D eigenvalue weighted by Crippen LogP contribution is -2.28. The highest BCUT2D eigenvalue weighted by Gasteiger charge is 2.27. The van der Waals surface area contributed by atoms with Crippen LogP contribution in [-0.4, -0.2) is 18.4 Å². The van der Waals surface area contributed by atoms with Crippen LogP contribution in [0, 0.1) is 0 Å². The number of Topliss-reactive ketones (excluding diaryl/α,β-unsaturated/α-hetero) is 1. The van der Waals surface area contributed by atoms with Crippen LogP contribution in [0.4, 0.5) is 0 Å². The molecule has 0 aromatic heterocycles. The second kappa shape index (κ2) is 3.93. The molecular formula is C12H15NO. The molecule has 2 nitrogen and oxygen atoms in total. The molecule has 2 heteroatoms. The summed E-state index contributed by atoms with van der Waals surface area (Å²) in [5, 5.41) is 3.26. The molecule has 1 heterocycles. The van der Waals surface area contributed by atoms with Gasteiger partial charge >= 0.3 is 0 Å². The number of carbonyl (C=O) groups excluding carboxylic acids is 1. The maximum absolute atomic E-state index is 11.2. The second-order valence-corrected chi connectivity index (χ2v) is 3.91. The third-order valence-electron chi connectivity index (χ3n) is 2.89. The maximum atomic E-state index is 11.2. The number of carbonyl (C=O) groups is 1. The Balaban J connectivity index is 2.06. The molecule has 1 saturated heterocycles. The van der Waals surface area contributed by atoms with Crippen LogP contribution in [-0.2, 0) is 4.79 Å². The van der Waals surface area contributed by atoms with E-state index in [-0.39, 0.29) is 11.8 Å². The minimum Gasteiger partial charge on any atom is -0.307 e. The quantitative estimate of drug-likeness (QED) is 0.767. The van der Waals surface area contributed by atoms with Crippen LogP contribution in [0.3, 0.4) is 0 Å². The van der Waals surface area contributed by atoms with E-state index < -0.39 is 0 Å². The van der Waals surface area contributed by atoms with Gasteiger partial charge in [0.05, 0.1) is 6.04 Å². The number of nitrogens with one attached hydrogen (secondary N) is 1. The van der Waals surface area contributed by atoms with Crippen molar-refractivity contribution < 1.29 is 4.79 Å². The first kappa shape index (κ1) is 9.41. The Morgan fingerprint density at radius 1 is 1.36 bits per heavy atom. The number of benzene rings is 1. The Kier molecular flexibility index (Phi) is 2.64. The Morgan fingerprint density at radius 2 is 2.07 bits per heavy atom. The van der Waals surface area contributed by atoms with Crippen molar-refractivity contribution in [3.63, 3.8) is 0 Å². The Bertz CT molecular complexity index is 320. The van der Waals surface area contributed by atoms with E-state index in [9.17, 15) is 4.79 Å². The van der Waals surface area contributed by atoms with Crippen LogP contribution in [0.2, 0.25) is 0 Å². The molecule has 1 N–H and O–H groups in total. The fraction of sp³-hybridized carbons (Fsp3) is 0.417. The molecule has 14 heavy (non-hydrogen) atoms. The zero-order valence-electron chi connectivity index (χ0n) is 8.36. The summed E-state index contributed by atoms with van der Waals surface area (Å²) < 4.78 is 0. The van der Waals surface area contributed by atoms with Gasteiger partial charge in [0, 0.05) is 6.54 Å². The van der Waals surface area contributed by atoms with E-state index in [1.165, 1.54) is 5.56 Å². The minimum absolute atomic E-state index is 0.0696. The fourth-order valence-corrected chi connectivity index (χ4v) is 2.02. The summed E-state index contributed by atoms with van der Waals surface area (Å²) in [5.74, 6) is 0.758. The van der Waals surface area contributed by atoms with Crippen molar-refractivity contribution in [3.05, 3.63) is 35.9 Å². The summed E-state index contributed by atoms with van der Waals surface area (Å²) >= 11 is 0.